The van der Waals surface area contributed by atoms with Gasteiger partial charge in [-0.05, 0) is 57.3 Å². The summed E-state index contributed by atoms with van der Waals surface area (Å²) in [6, 6.07) is 2.47. The van der Waals surface area contributed by atoms with Crippen molar-refractivity contribution in [2.45, 2.75) is 52.0 Å². The molecule has 1 aromatic rings. The molecule has 108 valence electrons. The summed E-state index contributed by atoms with van der Waals surface area (Å²) in [6.07, 6.45) is 8.06. The van der Waals surface area contributed by atoms with Crippen LogP contribution >= 0.6 is 11.3 Å². The maximum atomic E-state index is 3.47. The van der Waals surface area contributed by atoms with Crippen LogP contribution in [0, 0.1) is 0 Å². The average molecular weight is 280 g/mol. The second kappa shape index (κ2) is 8.03. The smallest absolute Gasteiger partial charge is 0.0325 e. The normalized spacial score (nSPS) is 15.5. The largest absolute Gasteiger partial charge is 0.315 e. The van der Waals surface area contributed by atoms with Gasteiger partial charge < -0.3 is 10.2 Å². The Morgan fingerprint density at radius 1 is 1.21 bits per heavy atom. The molecular formula is C16H28N2S. The summed E-state index contributed by atoms with van der Waals surface area (Å²) in [5, 5.41) is 3.47. The monoisotopic (exact) mass is 280 g/mol. The fourth-order valence-corrected chi connectivity index (χ4v) is 4.06. The van der Waals surface area contributed by atoms with E-state index in [4.69, 9.17) is 0 Å². The molecule has 1 aliphatic carbocycles. The number of rotatable bonds is 7. The van der Waals surface area contributed by atoms with Gasteiger partial charge in [-0.25, -0.2) is 0 Å². The van der Waals surface area contributed by atoms with Gasteiger partial charge in [-0.15, -0.1) is 11.3 Å². The summed E-state index contributed by atoms with van der Waals surface area (Å²) in [5.74, 6) is 0. The predicted octanol–water partition coefficient (Wildman–Crippen LogP) is 3.45. The van der Waals surface area contributed by atoms with E-state index in [9.17, 15) is 0 Å². The zero-order chi connectivity index (χ0) is 13.5. The van der Waals surface area contributed by atoms with Crippen LogP contribution in [0.15, 0.2) is 6.07 Å². The summed E-state index contributed by atoms with van der Waals surface area (Å²) in [5.41, 5.74) is 1.65. The molecular weight excluding hydrogens is 252 g/mol. The average Bonchev–Trinajstić information content (AvgIpc) is 2.64. The number of aryl methyl sites for hydroxylation is 2. The van der Waals surface area contributed by atoms with Crippen LogP contribution < -0.4 is 5.32 Å². The Hall–Kier alpha value is -0.380. The van der Waals surface area contributed by atoms with Crippen LogP contribution in [-0.4, -0.2) is 31.6 Å². The standard InChI is InChI=1S/C16H28N2S/c1-3-9-17-10-11-18(2)13-15-12-14-7-5-4-6-8-16(14)19-15/h12,17H,3-11,13H2,1-2H3. The van der Waals surface area contributed by atoms with Gasteiger partial charge in [0, 0.05) is 29.4 Å². The van der Waals surface area contributed by atoms with Crippen LogP contribution in [0.2, 0.25) is 0 Å². The minimum absolute atomic E-state index is 1.11. The molecule has 1 aromatic heterocycles. The molecule has 2 rings (SSSR count). The summed E-state index contributed by atoms with van der Waals surface area (Å²) in [4.78, 5) is 5.67. The Morgan fingerprint density at radius 2 is 2.05 bits per heavy atom. The second-order valence-electron chi connectivity index (χ2n) is 5.71. The fourth-order valence-electron chi connectivity index (χ4n) is 2.72. The molecule has 0 amide bonds. The van der Waals surface area contributed by atoms with Crippen LogP contribution in [0.3, 0.4) is 0 Å². The molecule has 2 nitrogen and oxygen atoms in total. The molecule has 1 aliphatic rings. The molecule has 0 fully saturated rings. The minimum atomic E-state index is 1.11. The minimum Gasteiger partial charge on any atom is -0.315 e. The van der Waals surface area contributed by atoms with E-state index in [1.54, 1.807) is 15.3 Å². The van der Waals surface area contributed by atoms with Gasteiger partial charge in [0.25, 0.3) is 0 Å². The van der Waals surface area contributed by atoms with Crippen molar-refractivity contribution in [1.29, 1.82) is 0 Å². The molecule has 19 heavy (non-hydrogen) atoms. The lowest BCUT2D eigenvalue weighted by atomic mass is 10.1. The third kappa shape index (κ3) is 4.90. The maximum absolute atomic E-state index is 3.47. The Morgan fingerprint density at radius 3 is 2.89 bits per heavy atom. The molecule has 0 unspecified atom stereocenters. The molecule has 0 bridgehead atoms. The first-order valence-corrected chi connectivity index (χ1v) is 8.61. The first-order valence-electron chi connectivity index (χ1n) is 7.79. The lowest BCUT2D eigenvalue weighted by Gasteiger charge is -2.15. The van der Waals surface area contributed by atoms with Crippen LogP contribution in [0.5, 0.6) is 0 Å². The topological polar surface area (TPSA) is 15.3 Å². The van der Waals surface area contributed by atoms with Gasteiger partial charge in [0.15, 0.2) is 0 Å². The highest BCUT2D eigenvalue weighted by Gasteiger charge is 2.12. The van der Waals surface area contributed by atoms with E-state index in [2.05, 4.69) is 41.6 Å². The Labute approximate surface area is 122 Å². The quantitative estimate of drug-likeness (QED) is 0.608. The Bertz CT molecular complexity index is 349. The van der Waals surface area contributed by atoms with Crippen molar-refractivity contribution >= 4 is 11.3 Å². The molecule has 3 heteroatoms. The molecule has 1 heterocycles. The van der Waals surface area contributed by atoms with Gasteiger partial charge in [0.05, 0.1) is 0 Å². The SMILES string of the molecule is CCCNCCN(C)Cc1cc2c(s1)CCCCC2. The number of nitrogens with zero attached hydrogens (tertiary/aromatic N) is 1. The molecule has 0 atom stereocenters. The maximum Gasteiger partial charge on any atom is 0.0325 e. The summed E-state index contributed by atoms with van der Waals surface area (Å²) < 4.78 is 0. The van der Waals surface area contributed by atoms with Crippen molar-refractivity contribution in [3.8, 4) is 0 Å². The number of hydrogen-bond acceptors (Lipinski definition) is 3. The molecule has 0 spiro atoms. The number of fused-ring (bicyclic) bond motifs is 1. The Balaban J connectivity index is 1.79. The number of nitrogens with one attached hydrogen (secondary N) is 1. The fraction of sp³-hybridized carbons (Fsp3) is 0.750. The summed E-state index contributed by atoms with van der Waals surface area (Å²) in [6.45, 7) is 6.72. The van der Waals surface area contributed by atoms with Crippen LogP contribution in [-0.2, 0) is 19.4 Å². The molecule has 0 saturated carbocycles. The van der Waals surface area contributed by atoms with Crippen LogP contribution in [0.4, 0.5) is 0 Å². The van der Waals surface area contributed by atoms with E-state index in [-0.39, 0.29) is 0 Å². The number of thiophene rings is 1. The van der Waals surface area contributed by atoms with Crippen molar-refractivity contribution in [2.24, 2.45) is 0 Å². The zero-order valence-electron chi connectivity index (χ0n) is 12.5. The van der Waals surface area contributed by atoms with Gasteiger partial charge in [0.2, 0.25) is 0 Å². The summed E-state index contributed by atoms with van der Waals surface area (Å²) in [7, 11) is 2.23. The second-order valence-corrected chi connectivity index (χ2v) is 6.93. The molecule has 0 aliphatic heterocycles. The molecule has 0 saturated heterocycles. The summed E-state index contributed by atoms with van der Waals surface area (Å²) >= 11 is 2.06. The van der Waals surface area contributed by atoms with Crippen molar-refractivity contribution < 1.29 is 0 Å². The zero-order valence-corrected chi connectivity index (χ0v) is 13.3. The van der Waals surface area contributed by atoms with Crippen LogP contribution in [0.25, 0.3) is 0 Å². The van der Waals surface area contributed by atoms with Crippen molar-refractivity contribution in [2.75, 3.05) is 26.7 Å². The van der Waals surface area contributed by atoms with Gasteiger partial charge in [0.1, 0.15) is 0 Å². The molecule has 0 radical (unpaired) electrons. The van der Waals surface area contributed by atoms with Gasteiger partial charge in [-0.1, -0.05) is 13.3 Å². The number of hydrogen-bond donors (Lipinski definition) is 1. The molecule has 0 aromatic carbocycles. The van der Waals surface area contributed by atoms with Crippen molar-refractivity contribution in [3.05, 3.63) is 21.4 Å². The van der Waals surface area contributed by atoms with Gasteiger partial charge in [-0.3, -0.25) is 0 Å². The van der Waals surface area contributed by atoms with E-state index < -0.39 is 0 Å². The number of likely N-dealkylation sites (N-methyl/N-ethyl adjacent to an activating group) is 1. The highest BCUT2D eigenvalue weighted by Crippen LogP contribution is 2.29. The first-order chi connectivity index (χ1) is 9.29. The first kappa shape index (κ1) is 15.0. The lowest BCUT2D eigenvalue weighted by Crippen LogP contribution is -2.29. The van der Waals surface area contributed by atoms with Crippen molar-refractivity contribution in [3.63, 3.8) is 0 Å². The van der Waals surface area contributed by atoms with E-state index in [0.717, 1.165) is 26.2 Å². The van der Waals surface area contributed by atoms with Gasteiger partial charge >= 0.3 is 0 Å². The van der Waals surface area contributed by atoms with E-state index >= 15 is 0 Å². The third-order valence-corrected chi connectivity index (χ3v) is 5.04. The van der Waals surface area contributed by atoms with E-state index in [1.807, 2.05) is 0 Å². The van der Waals surface area contributed by atoms with Gasteiger partial charge in [-0.2, -0.15) is 0 Å². The highest BCUT2D eigenvalue weighted by atomic mass is 32.1. The highest BCUT2D eigenvalue weighted by molar-refractivity contribution is 7.12. The third-order valence-electron chi connectivity index (χ3n) is 3.82. The van der Waals surface area contributed by atoms with Crippen LogP contribution in [0.1, 0.15) is 47.9 Å². The Kier molecular flexibility index (Phi) is 6.35. The van der Waals surface area contributed by atoms with E-state index in [0.29, 0.717) is 0 Å². The van der Waals surface area contributed by atoms with E-state index in [1.165, 1.54) is 38.5 Å². The lowest BCUT2D eigenvalue weighted by molar-refractivity contribution is 0.327. The van der Waals surface area contributed by atoms with Crippen molar-refractivity contribution in [1.82, 2.24) is 10.2 Å². The molecule has 1 N–H and O–H groups in total. The predicted molar refractivity (Wildman–Crippen MR) is 85.1 cm³/mol.